The second-order valence-corrected chi connectivity index (χ2v) is 6.21. The summed E-state index contributed by atoms with van der Waals surface area (Å²) in [6.07, 6.45) is 3.69. The molecule has 0 saturated heterocycles. The van der Waals surface area contributed by atoms with Crippen LogP contribution in [0.2, 0.25) is 0 Å². The van der Waals surface area contributed by atoms with Gasteiger partial charge in [0.1, 0.15) is 5.78 Å². The Morgan fingerprint density at radius 1 is 1.20 bits per heavy atom. The van der Waals surface area contributed by atoms with E-state index >= 15 is 0 Å². The van der Waals surface area contributed by atoms with Crippen molar-refractivity contribution in [1.29, 1.82) is 0 Å². The number of carbonyl (C=O) groups excluding carboxylic acids is 1. The van der Waals surface area contributed by atoms with Crippen molar-refractivity contribution < 1.29 is 9.21 Å². The first kappa shape index (κ1) is 13.4. The maximum Gasteiger partial charge on any atom is 0.277 e. The maximum absolute atomic E-state index is 11.8. The van der Waals surface area contributed by atoms with Gasteiger partial charge >= 0.3 is 0 Å². The van der Waals surface area contributed by atoms with E-state index in [9.17, 15) is 4.79 Å². The fourth-order valence-corrected chi connectivity index (χ4v) is 3.26. The normalized spacial score (nSPS) is 19.2. The minimum Gasteiger partial charge on any atom is -0.411 e. The van der Waals surface area contributed by atoms with E-state index in [2.05, 4.69) is 10.2 Å². The minimum atomic E-state index is -0.0185. The molecule has 1 aromatic heterocycles. The Morgan fingerprint density at radius 3 is 2.75 bits per heavy atom. The first-order chi connectivity index (χ1) is 9.72. The highest BCUT2D eigenvalue weighted by molar-refractivity contribution is 8.00. The predicted octanol–water partition coefficient (Wildman–Crippen LogP) is 3.65. The van der Waals surface area contributed by atoms with Gasteiger partial charge in [0.25, 0.3) is 5.22 Å². The topological polar surface area (TPSA) is 56.0 Å². The molecule has 0 spiro atoms. The molecule has 4 nitrogen and oxygen atoms in total. The molecular weight excluding hydrogens is 272 g/mol. The molecule has 0 unspecified atom stereocenters. The maximum atomic E-state index is 11.8. The van der Waals surface area contributed by atoms with Crippen LogP contribution in [0.5, 0.6) is 0 Å². The molecule has 2 aromatic rings. The SMILES string of the molecule is Cc1ccc(-c2nnc(S[C@@H]3CCCCC3=O)o2)cc1. The monoisotopic (exact) mass is 288 g/mol. The summed E-state index contributed by atoms with van der Waals surface area (Å²) in [5.74, 6) is 0.812. The Hall–Kier alpha value is -1.62. The van der Waals surface area contributed by atoms with Gasteiger partial charge in [0, 0.05) is 12.0 Å². The molecule has 1 aliphatic carbocycles. The van der Waals surface area contributed by atoms with Crippen molar-refractivity contribution in [3.05, 3.63) is 29.8 Å². The van der Waals surface area contributed by atoms with E-state index in [0.29, 0.717) is 23.3 Å². The van der Waals surface area contributed by atoms with Crippen molar-refractivity contribution in [3.63, 3.8) is 0 Å². The van der Waals surface area contributed by atoms with E-state index in [-0.39, 0.29) is 5.25 Å². The van der Waals surface area contributed by atoms with Crippen LogP contribution >= 0.6 is 11.8 Å². The lowest BCUT2D eigenvalue weighted by atomic mass is 9.99. The molecule has 1 heterocycles. The molecule has 1 aromatic carbocycles. The zero-order valence-electron chi connectivity index (χ0n) is 11.3. The van der Waals surface area contributed by atoms with E-state index < -0.39 is 0 Å². The number of thioether (sulfide) groups is 1. The molecule has 3 rings (SSSR count). The van der Waals surface area contributed by atoms with E-state index in [1.807, 2.05) is 31.2 Å². The standard InChI is InChI=1S/C15H16N2O2S/c1-10-6-8-11(9-7-10)14-16-17-15(19-14)20-13-5-3-2-4-12(13)18/h6-9,13H,2-5H2,1H3/t13-/m1/s1. The lowest BCUT2D eigenvalue weighted by Gasteiger charge is -2.17. The number of aromatic nitrogens is 2. The molecule has 0 bridgehead atoms. The van der Waals surface area contributed by atoms with Gasteiger partial charge in [-0.1, -0.05) is 35.9 Å². The third kappa shape index (κ3) is 2.93. The molecule has 0 radical (unpaired) electrons. The second kappa shape index (κ2) is 5.79. The number of rotatable bonds is 3. The van der Waals surface area contributed by atoms with Crippen molar-refractivity contribution in [3.8, 4) is 11.5 Å². The van der Waals surface area contributed by atoms with Gasteiger partial charge in [-0.25, -0.2) is 0 Å². The Kier molecular flexibility index (Phi) is 3.87. The summed E-state index contributed by atoms with van der Waals surface area (Å²) in [6.45, 7) is 2.04. The van der Waals surface area contributed by atoms with Gasteiger partial charge in [0.15, 0.2) is 0 Å². The Morgan fingerprint density at radius 2 is 2.00 bits per heavy atom. The Bertz CT molecular complexity index is 607. The third-order valence-electron chi connectivity index (χ3n) is 3.45. The van der Waals surface area contributed by atoms with Crippen LogP contribution in [0.15, 0.2) is 33.9 Å². The molecule has 0 aliphatic heterocycles. The highest BCUT2D eigenvalue weighted by Crippen LogP contribution is 2.32. The summed E-state index contributed by atoms with van der Waals surface area (Å²) in [6, 6.07) is 7.94. The summed E-state index contributed by atoms with van der Waals surface area (Å²) < 4.78 is 5.65. The number of carbonyl (C=O) groups is 1. The van der Waals surface area contributed by atoms with Crippen molar-refractivity contribution in [2.75, 3.05) is 0 Å². The van der Waals surface area contributed by atoms with Crippen molar-refractivity contribution in [2.24, 2.45) is 0 Å². The van der Waals surface area contributed by atoms with Gasteiger partial charge in [0.05, 0.1) is 5.25 Å². The molecule has 0 N–H and O–H groups in total. The second-order valence-electron chi connectivity index (χ2n) is 5.06. The van der Waals surface area contributed by atoms with Gasteiger partial charge in [-0.3, -0.25) is 4.79 Å². The highest BCUT2D eigenvalue weighted by atomic mass is 32.2. The summed E-state index contributed by atoms with van der Waals surface area (Å²) in [5, 5.41) is 8.56. The number of ketones is 1. The average molecular weight is 288 g/mol. The van der Waals surface area contributed by atoms with Crippen LogP contribution in [0.4, 0.5) is 0 Å². The predicted molar refractivity (Wildman–Crippen MR) is 77.6 cm³/mol. The number of aryl methyl sites for hydroxylation is 1. The fourth-order valence-electron chi connectivity index (χ4n) is 2.27. The summed E-state index contributed by atoms with van der Waals surface area (Å²) in [4.78, 5) is 11.8. The lowest BCUT2D eigenvalue weighted by Crippen LogP contribution is -2.21. The molecular formula is C15H16N2O2S. The van der Waals surface area contributed by atoms with E-state index in [1.54, 1.807) is 0 Å². The number of nitrogens with zero attached hydrogens (tertiary/aromatic N) is 2. The van der Waals surface area contributed by atoms with Crippen LogP contribution < -0.4 is 0 Å². The lowest BCUT2D eigenvalue weighted by molar-refractivity contribution is -0.119. The van der Waals surface area contributed by atoms with Crippen LogP contribution in [0.25, 0.3) is 11.5 Å². The fraction of sp³-hybridized carbons (Fsp3) is 0.400. The van der Waals surface area contributed by atoms with Crippen molar-refractivity contribution in [1.82, 2.24) is 10.2 Å². The van der Waals surface area contributed by atoms with E-state index in [0.717, 1.165) is 24.8 Å². The van der Waals surface area contributed by atoms with Crippen molar-refractivity contribution in [2.45, 2.75) is 43.1 Å². The molecule has 104 valence electrons. The third-order valence-corrected chi connectivity index (χ3v) is 4.60. The molecule has 1 fully saturated rings. The Balaban J connectivity index is 1.73. The van der Waals surface area contributed by atoms with Gasteiger partial charge in [-0.2, -0.15) is 0 Å². The van der Waals surface area contributed by atoms with Crippen LogP contribution in [0.1, 0.15) is 31.2 Å². The zero-order chi connectivity index (χ0) is 13.9. The van der Waals surface area contributed by atoms with Crippen LogP contribution in [-0.2, 0) is 4.79 Å². The molecule has 5 heteroatoms. The van der Waals surface area contributed by atoms with Gasteiger partial charge in [-0.15, -0.1) is 10.2 Å². The zero-order valence-corrected chi connectivity index (χ0v) is 12.2. The van der Waals surface area contributed by atoms with E-state index in [1.165, 1.54) is 17.3 Å². The van der Waals surface area contributed by atoms with Crippen LogP contribution in [-0.4, -0.2) is 21.2 Å². The van der Waals surface area contributed by atoms with Gasteiger partial charge in [0.2, 0.25) is 5.89 Å². The first-order valence-corrected chi connectivity index (χ1v) is 7.70. The smallest absolute Gasteiger partial charge is 0.277 e. The van der Waals surface area contributed by atoms with Crippen LogP contribution in [0.3, 0.4) is 0 Å². The van der Waals surface area contributed by atoms with Crippen LogP contribution in [0, 0.1) is 6.92 Å². The molecule has 1 saturated carbocycles. The first-order valence-electron chi connectivity index (χ1n) is 6.82. The molecule has 20 heavy (non-hydrogen) atoms. The van der Waals surface area contributed by atoms with Gasteiger partial charge < -0.3 is 4.42 Å². The summed E-state index contributed by atoms with van der Waals surface area (Å²) in [5.41, 5.74) is 2.10. The Labute approximate surface area is 122 Å². The van der Waals surface area contributed by atoms with E-state index in [4.69, 9.17) is 4.42 Å². The summed E-state index contributed by atoms with van der Waals surface area (Å²) >= 11 is 1.40. The number of Topliss-reactive ketones (excluding diaryl/α,β-unsaturated/α-hetero) is 1. The van der Waals surface area contributed by atoms with Crippen molar-refractivity contribution >= 4 is 17.5 Å². The minimum absolute atomic E-state index is 0.0185. The molecule has 1 atom stereocenters. The number of benzene rings is 1. The van der Waals surface area contributed by atoms with Gasteiger partial charge in [-0.05, 0) is 31.9 Å². The summed E-state index contributed by atoms with van der Waals surface area (Å²) in [7, 11) is 0. The molecule has 1 aliphatic rings. The highest BCUT2D eigenvalue weighted by Gasteiger charge is 2.25. The average Bonchev–Trinajstić information content (AvgIpc) is 2.91. The number of hydrogen-bond donors (Lipinski definition) is 0. The quantitative estimate of drug-likeness (QED) is 0.863. The largest absolute Gasteiger partial charge is 0.411 e. The molecule has 0 amide bonds. The number of hydrogen-bond acceptors (Lipinski definition) is 5.